The lowest BCUT2D eigenvalue weighted by Crippen LogP contribution is -2.38. The highest BCUT2D eigenvalue weighted by Crippen LogP contribution is 2.27. The average Bonchev–Trinajstić information content (AvgIpc) is 2.60. The lowest BCUT2D eigenvalue weighted by molar-refractivity contribution is -0.657. The number of benzene rings is 2. The Morgan fingerprint density at radius 3 is 2.58 bits per heavy atom. The molecule has 0 saturated heterocycles. The number of hydrogen-bond acceptors (Lipinski definition) is 3. The molecule has 0 N–H and O–H groups in total. The molecule has 0 fully saturated rings. The molecule has 0 radical (unpaired) electrons. The molecular weight excluding hydrogens is 326 g/mol. The second kappa shape index (κ2) is 6.89. The number of hydrogen-bond donors (Lipinski definition) is 0. The molecule has 0 aliphatic heterocycles. The van der Waals surface area contributed by atoms with E-state index in [9.17, 15) is 4.79 Å². The first kappa shape index (κ1) is 16.3. The number of aromatic nitrogens is 1. The van der Waals surface area contributed by atoms with Crippen LogP contribution in [0, 0.1) is 0 Å². The Labute approximate surface area is 145 Å². The monoisotopic (exact) mass is 342 g/mol. The van der Waals surface area contributed by atoms with Gasteiger partial charge in [-0.05, 0) is 36.4 Å². The van der Waals surface area contributed by atoms with Gasteiger partial charge in [0.05, 0.1) is 14.2 Å². The molecule has 2 aromatic carbocycles. The van der Waals surface area contributed by atoms with E-state index < -0.39 is 0 Å². The summed E-state index contributed by atoms with van der Waals surface area (Å²) in [4.78, 5) is 12.6. The van der Waals surface area contributed by atoms with Crippen LogP contribution in [0.2, 0.25) is 5.02 Å². The standard InChI is InChI=1S/C19H17ClNO3/c1-23-18-8-5-14(11-19(18)24-2)17(22)12-21-9-3-4-13-10-15(20)6-7-16(13)21/h3-11H,12H2,1-2H3/q+1. The molecule has 0 atom stereocenters. The maximum Gasteiger partial charge on any atom is 0.227 e. The number of methoxy groups -OCH3 is 2. The predicted octanol–water partition coefficient (Wildman–Crippen LogP) is 3.68. The highest BCUT2D eigenvalue weighted by Gasteiger charge is 2.17. The maximum absolute atomic E-state index is 12.6. The van der Waals surface area contributed by atoms with Gasteiger partial charge in [-0.2, -0.15) is 4.57 Å². The second-order valence-electron chi connectivity index (χ2n) is 5.33. The molecule has 5 heteroatoms. The van der Waals surface area contributed by atoms with E-state index in [4.69, 9.17) is 21.1 Å². The van der Waals surface area contributed by atoms with Gasteiger partial charge < -0.3 is 9.47 Å². The molecule has 0 saturated carbocycles. The van der Waals surface area contributed by atoms with Crippen molar-refractivity contribution in [3.05, 3.63) is 65.3 Å². The van der Waals surface area contributed by atoms with Crippen molar-refractivity contribution in [1.29, 1.82) is 0 Å². The lowest BCUT2D eigenvalue weighted by Gasteiger charge is -2.08. The number of ketones is 1. The zero-order valence-corrected chi connectivity index (χ0v) is 14.2. The quantitative estimate of drug-likeness (QED) is 0.524. The molecule has 3 aromatic rings. The normalized spacial score (nSPS) is 10.6. The smallest absolute Gasteiger partial charge is 0.227 e. The number of pyridine rings is 1. The van der Waals surface area contributed by atoms with Crippen LogP contribution in [0.3, 0.4) is 0 Å². The van der Waals surface area contributed by atoms with Gasteiger partial charge in [0.1, 0.15) is 0 Å². The summed E-state index contributed by atoms with van der Waals surface area (Å²) in [6.07, 6.45) is 1.88. The van der Waals surface area contributed by atoms with Crippen LogP contribution in [-0.2, 0) is 6.54 Å². The van der Waals surface area contributed by atoms with Crippen LogP contribution in [0.15, 0.2) is 54.7 Å². The Bertz CT molecular complexity index is 908. The fourth-order valence-corrected chi connectivity index (χ4v) is 2.83. The first-order valence-electron chi connectivity index (χ1n) is 7.45. The van der Waals surface area contributed by atoms with Gasteiger partial charge in [0, 0.05) is 28.1 Å². The number of halogens is 1. The van der Waals surface area contributed by atoms with Gasteiger partial charge in [0.25, 0.3) is 0 Å². The van der Waals surface area contributed by atoms with E-state index in [1.165, 1.54) is 0 Å². The third-order valence-electron chi connectivity index (χ3n) is 3.86. The van der Waals surface area contributed by atoms with E-state index in [-0.39, 0.29) is 12.3 Å². The van der Waals surface area contributed by atoms with Crippen LogP contribution in [-0.4, -0.2) is 20.0 Å². The molecule has 3 rings (SSSR count). The van der Waals surface area contributed by atoms with Gasteiger partial charge in [-0.25, -0.2) is 0 Å². The van der Waals surface area contributed by atoms with Crippen molar-refractivity contribution >= 4 is 28.3 Å². The number of fused-ring (bicyclic) bond motifs is 1. The van der Waals surface area contributed by atoms with Crippen molar-refractivity contribution in [1.82, 2.24) is 0 Å². The molecule has 0 unspecified atom stereocenters. The third kappa shape index (κ3) is 3.19. The summed E-state index contributed by atoms with van der Waals surface area (Å²) in [6.45, 7) is 0.231. The van der Waals surface area contributed by atoms with E-state index in [0.717, 1.165) is 10.9 Å². The third-order valence-corrected chi connectivity index (χ3v) is 4.10. The summed E-state index contributed by atoms with van der Waals surface area (Å²) in [7, 11) is 3.12. The van der Waals surface area contributed by atoms with Crippen LogP contribution in [0.1, 0.15) is 10.4 Å². The fraction of sp³-hybridized carbons (Fsp3) is 0.158. The van der Waals surface area contributed by atoms with Crippen molar-refractivity contribution in [3.8, 4) is 11.5 Å². The van der Waals surface area contributed by atoms with E-state index in [1.54, 1.807) is 32.4 Å². The van der Waals surface area contributed by atoms with Gasteiger partial charge in [0.15, 0.2) is 17.7 Å². The van der Waals surface area contributed by atoms with Crippen LogP contribution < -0.4 is 14.0 Å². The van der Waals surface area contributed by atoms with Crippen molar-refractivity contribution < 1.29 is 18.8 Å². The number of Topliss-reactive ketones (excluding diaryl/α,β-unsaturated/α-hetero) is 1. The zero-order chi connectivity index (χ0) is 17.1. The minimum atomic E-state index is -0.0107. The molecule has 0 aliphatic carbocycles. The first-order valence-corrected chi connectivity index (χ1v) is 7.83. The Hall–Kier alpha value is -2.59. The van der Waals surface area contributed by atoms with E-state index >= 15 is 0 Å². The molecule has 24 heavy (non-hydrogen) atoms. The van der Waals surface area contributed by atoms with Crippen LogP contribution >= 0.6 is 11.6 Å². The minimum absolute atomic E-state index is 0.0107. The van der Waals surface area contributed by atoms with Crippen molar-refractivity contribution in [2.24, 2.45) is 0 Å². The first-order chi connectivity index (χ1) is 11.6. The van der Waals surface area contributed by atoms with E-state index in [0.29, 0.717) is 22.1 Å². The Balaban J connectivity index is 1.93. The number of ether oxygens (including phenoxy) is 2. The highest BCUT2D eigenvalue weighted by molar-refractivity contribution is 6.31. The molecule has 0 bridgehead atoms. The van der Waals surface area contributed by atoms with Crippen LogP contribution in [0.5, 0.6) is 11.5 Å². The molecule has 0 aliphatic rings. The molecule has 0 amide bonds. The second-order valence-corrected chi connectivity index (χ2v) is 5.77. The summed E-state index contributed by atoms with van der Waals surface area (Å²) in [5, 5.41) is 1.66. The van der Waals surface area contributed by atoms with Gasteiger partial charge in [-0.1, -0.05) is 11.6 Å². The summed E-state index contributed by atoms with van der Waals surface area (Å²) < 4.78 is 12.4. The SMILES string of the molecule is COc1ccc(C(=O)C[n+]2cccc3cc(Cl)ccc32)cc1OC. The van der Waals surface area contributed by atoms with Crippen molar-refractivity contribution in [3.63, 3.8) is 0 Å². The Morgan fingerprint density at radius 2 is 1.83 bits per heavy atom. The van der Waals surface area contributed by atoms with Crippen molar-refractivity contribution in [2.45, 2.75) is 6.54 Å². The summed E-state index contributed by atoms with van der Waals surface area (Å²) in [5.74, 6) is 1.13. The van der Waals surface area contributed by atoms with Gasteiger partial charge >= 0.3 is 0 Å². The van der Waals surface area contributed by atoms with Gasteiger partial charge in [-0.3, -0.25) is 4.79 Å². The largest absolute Gasteiger partial charge is 0.493 e. The van der Waals surface area contributed by atoms with Crippen molar-refractivity contribution in [2.75, 3.05) is 14.2 Å². The topological polar surface area (TPSA) is 39.4 Å². The number of rotatable bonds is 5. The fourth-order valence-electron chi connectivity index (χ4n) is 2.64. The van der Waals surface area contributed by atoms with Gasteiger partial charge in [-0.15, -0.1) is 0 Å². The molecule has 1 heterocycles. The zero-order valence-electron chi connectivity index (χ0n) is 13.5. The van der Waals surface area contributed by atoms with E-state index in [1.807, 2.05) is 41.1 Å². The minimum Gasteiger partial charge on any atom is -0.493 e. The molecule has 4 nitrogen and oxygen atoms in total. The van der Waals surface area contributed by atoms with E-state index in [2.05, 4.69) is 0 Å². The Kier molecular flexibility index (Phi) is 4.67. The maximum atomic E-state index is 12.6. The average molecular weight is 343 g/mol. The highest BCUT2D eigenvalue weighted by atomic mass is 35.5. The summed E-state index contributed by atoms with van der Waals surface area (Å²) >= 11 is 6.03. The lowest BCUT2D eigenvalue weighted by atomic mass is 10.1. The number of nitrogens with zero attached hydrogens (tertiary/aromatic N) is 1. The summed E-state index contributed by atoms with van der Waals surface area (Å²) in [6, 6.07) is 14.7. The van der Waals surface area contributed by atoms with Crippen LogP contribution in [0.25, 0.3) is 10.9 Å². The number of carbonyl (C=O) groups excluding carboxylic acids is 1. The summed E-state index contributed by atoms with van der Waals surface area (Å²) in [5.41, 5.74) is 1.53. The predicted molar refractivity (Wildman–Crippen MR) is 93.0 cm³/mol. The molecule has 122 valence electrons. The van der Waals surface area contributed by atoms with Gasteiger partial charge in [0.2, 0.25) is 17.8 Å². The Morgan fingerprint density at radius 1 is 1.04 bits per heavy atom. The number of carbonyl (C=O) groups is 1. The molecular formula is C19H17ClNO3+. The molecule has 1 aromatic heterocycles. The molecule has 0 spiro atoms. The van der Waals surface area contributed by atoms with Crippen LogP contribution in [0.4, 0.5) is 0 Å².